The standard InChI is InChI=1S/C17H21N3O2/c21-16-8-6-14(7-9-16)19-17(22)10-13-11-18-20(12-13)15-4-2-1-3-5-15/h1-5,11-12,14,16,21H,6-10H2,(H,19,22). The van der Waals surface area contributed by atoms with Gasteiger partial charge in [-0.25, -0.2) is 4.68 Å². The highest BCUT2D eigenvalue weighted by Crippen LogP contribution is 2.18. The molecule has 0 aliphatic heterocycles. The summed E-state index contributed by atoms with van der Waals surface area (Å²) >= 11 is 0. The summed E-state index contributed by atoms with van der Waals surface area (Å²) in [4.78, 5) is 12.1. The van der Waals surface area contributed by atoms with Gasteiger partial charge in [-0.05, 0) is 43.4 Å². The second kappa shape index (κ2) is 6.75. The molecule has 1 aliphatic carbocycles. The fourth-order valence-electron chi connectivity index (χ4n) is 2.86. The van der Waals surface area contributed by atoms with Gasteiger partial charge in [0.25, 0.3) is 0 Å². The van der Waals surface area contributed by atoms with Crippen molar-refractivity contribution in [1.82, 2.24) is 15.1 Å². The minimum atomic E-state index is -0.197. The Kier molecular flexibility index (Phi) is 4.53. The number of amides is 1. The molecule has 0 radical (unpaired) electrons. The zero-order valence-electron chi connectivity index (χ0n) is 12.5. The van der Waals surface area contributed by atoms with E-state index >= 15 is 0 Å². The van der Waals surface area contributed by atoms with Gasteiger partial charge in [-0.15, -0.1) is 0 Å². The fourth-order valence-corrected chi connectivity index (χ4v) is 2.86. The van der Waals surface area contributed by atoms with Crippen LogP contribution in [0.1, 0.15) is 31.2 Å². The van der Waals surface area contributed by atoms with Crippen molar-refractivity contribution in [3.63, 3.8) is 0 Å². The molecule has 22 heavy (non-hydrogen) atoms. The molecule has 1 aliphatic rings. The first kappa shape index (κ1) is 14.8. The van der Waals surface area contributed by atoms with Crippen molar-refractivity contribution < 1.29 is 9.90 Å². The van der Waals surface area contributed by atoms with Gasteiger partial charge in [0, 0.05) is 12.2 Å². The van der Waals surface area contributed by atoms with Gasteiger partial charge in [0.15, 0.2) is 0 Å². The van der Waals surface area contributed by atoms with Crippen molar-refractivity contribution in [3.8, 4) is 5.69 Å². The van der Waals surface area contributed by atoms with Gasteiger partial charge in [0.05, 0.1) is 24.4 Å². The van der Waals surface area contributed by atoms with E-state index in [9.17, 15) is 9.90 Å². The number of hydrogen-bond donors (Lipinski definition) is 2. The quantitative estimate of drug-likeness (QED) is 0.905. The molecule has 1 heterocycles. The molecular weight excluding hydrogens is 278 g/mol. The summed E-state index contributed by atoms with van der Waals surface area (Å²) in [6, 6.07) is 10.0. The van der Waals surface area contributed by atoms with Gasteiger partial charge in [-0.3, -0.25) is 4.79 Å². The molecule has 0 saturated heterocycles. The third-order valence-electron chi connectivity index (χ3n) is 4.08. The SMILES string of the molecule is O=C(Cc1cnn(-c2ccccc2)c1)NC1CCC(O)CC1. The molecule has 5 heteroatoms. The number of nitrogens with zero attached hydrogens (tertiary/aromatic N) is 2. The monoisotopic (exact) mass is 299 g/mol. The molecule has 1 amide bonds. The van der Waals surface area contributed by atoms with E-state index in [-0.39, 0.29) is 18.1 Å². The van der Waals surface area contributed by atoms with Crippen molar-refractivity contribution in [2.24, 2.45) is 0 Å². The number of aliphatic hydroxyl groups is 1. The molecule has 5 nitrogen and oxygen atoms in total. The maximum Gasteiger partial charge on any atom is 0.224 e. The van der Waals surface area contributed by atoms with E-state index in [1.165, 1.54) is 0 Å². The van der Waals surface area contributed by atoms with Crippen LogP contribution in [-0.2, 0) is 11.2 Å². The zero-order chi connectivity index (χ0) is 15.4. The van der Waals surface area contributed by atoms with E-state index in [4.69, 9.17) is 0 Å². The van der Waals surface area contributed by atoms with Crippen LogP contribution in [0.15, 0.2) is 42.7 Å². The third kappa shape index (κ3) is 3.74. The van der Waals surface area contributed by atoms with Crippen molar-refractivity contribution >= 4 is 5.91 Å². The lowest BCUT2D eigenvalue weighted by Crippen LogP contribution is -2.39. The molecule has 2 aromatic rings. The molecule has 2 N–H and O–H groups in total. The molecule has 1 saturated carbocycles. The van der Waals surface area contributed by atoms with E-state index in [0.29, 0.717) is 6.42 Å². The smallest absolute Gasteiger partial charge is 0.224 e. The van der Waals surface area contributed by atoms with Gasteiger partial charge in [-0.2, -0.15) is 5.10 Å². The Bertz CT molecular complexity index is 616. The van der Waals surface area contributed by atoms with Crippen LogP contribution >= 0.6 is 0 Å². The lowest BCUT2D eigenvalue weighted by atomic mass is 9.93. The summed E-state index contributed by atoms with van der Waals surface area (Å²) in [5.41, 5.74) is 1.88. The first-order valence-electron chi connectivity index (χ1n) is 7.77. The number of benzene rings is 1. The van der Waals surface area contributed by atoms with Crippen LogP contribution in [0.25, 0.3) is 5.69 Å². The lowest BCUT2D eigenvalue weighted by Gasteiger charge is -2.26. The summed E-state index contributed by atoms with van der Waals surface area (Å²) < 4.78 is 1.78. The van der Waals surface area contributed by atoms with Crippen LogP contribution in [0, 0.1) is 0 Å². The molecule has 0 atom stereocenters. The van der Waals surface area contributed by atoms with Gasteiger partial charge in [0.1, 0.15) is 0 Å². The highest BCUT2D eigenvalue weighted by atomic mass is 16.3. The van der Waals surface area contributed by atoms with Crippen LogP contribution in [0.5, 0.6) is 0 Å². The average molecular weight is 299 g/mol. The van der Waals surface area contributed by atoms with E-state index in [2.05, 4.69) is 10.4 Å². The van der Waals surface area contributed by atoms with Gasteiger partial charge in [0.2, 0.25) is 5.91 Å². The molecule has 3 rings (SSSR count). The Morgan fingerprint density at radius 3 is 2.68 bits per heavy atom. The maximum absolute atomic E-state index is 12.1. The number of aliphatic hydroxyl groups excluding tert-OH is 1. The predicted octanol–water partition coefficient (Wildman–Crippen LogP) is 1.83. The van der Waals surface area contributed by atoms with Crippen molar-refractivity contribution in [1.29, 1.82) is 0 Å². The van der Waals surface area contributed by atoms with E-state index in [1.54, 1.807) is 10.9 Å². The van der Waals surface area contributed by atoms with E-state index in [1.807, 2.05) is 36.5 Å². The van der Waals surface area contributed by atoms with Crippen LogP contribution in [0.2, 0.25) is 0 Å². The maximum atomic E-state index is 12.1. The number of carbonyl (C=O) groups is 1. The van der Waals surface area contributed by atoms with Crippen molar-refractivity contribution in [2.75, 3.05) is 0 Å². The zero-order valence-corrected chi connectivity index (χ0v) is 12.5. The molecule has 1 fully saturated rings. The summed E-state index contributed by atoms with van der Waals surface area (Å²) in [6.07, 6.45) is 7.03. The Labute approximate surface area is 130 Å². The summed E-state index contributed by atoms with van der Waals surface area (Å²) in [7, 11) is 0. The number of aromatic nitrogens is 2. The van der Waals surface area contributed by atoms with Gasteiger partial charge < -0.3 is 10.4 Å². The molecule has 1 aromatic carbocycles. The first-order chi connectivity index (χ1) is 10.7. The highest BCUT2D eigenvalue weighted by Gasteiger charge is 2.20. The summed E-state index contributed by atoms with van der Waals surface area (Å²) in [6.45, 7) is 0. The third-order valence-corrected chi connectivity index (χ3v) is 4.08. The second-order valence-electron chi connectivity index (χ2n) is 5.88. The minimum absolute atomic E-state index is 0.0222. The van der Waals surface area contributed by atoms with Crippen LogP contribution < -0.4 is 5.32 Å². The van der Waals surface area contributed by atoms with E-state index < -0.39 is 0 Å². The van der Waals surface area contributed by atoms with Crippen molar-refractivity contribution in [2.45, 2.75) is 44.2 Å². The predicted molar refractivity (Wildman–Crippen MR) is 83.7 cm³/mol. The second-order valence-corrected chi connectivity index (χ2v) is 5.88. The number of carbonyl (C=O) groups excluding carboxylic acids is 1. The normalized spacial score (nSPS) is 21.5. The molecule has 0 bridgehead atoms. The first-order valence-corrected chi connectivity index (χ1v) is 7.77. The Balaban J connectivity index is 1.55. The molecule has 0 unspecified atom stereocenters. The Morgan fingerprint density at radius 1 is 1.23 bits per heavy atom. The number of hydrogen-bond acceptors (Lipinski definition) is 3. The number of rotatable bonds is 4. The largest absolute Gasteiger partial charge is 0.393 e. The minimum Gasteiger partial charge on any atom is -0.393 e. The molecule has 116 valence electrons. The summed E-state index contributed by atoms with van der Waals surface area (Å²) in [5, 5.41) is 16.8. The molecular formula is C17H21N3O2. The number of para-hydroxylation sites is 1. The van der Waals surface area contributed by atoms with E-state index in [0.717, 1.165) is 36.9 Å². The Morgan fingerprint density at radius 2 is 1.95 bits per heavy atom. The van der Waals surface area contributed by atoms with Crippen molar-refractivity contribution in [3.05, 3.63) is 48.3 Å². The lowest BCUT2D eigenvalue weighted by molar-refractivity contribution is -0.121. The van der Waals surface area contributed by atoms with Crippen LogP contribution in [-0.4, -0.2) is 32.9 Å². The molecule has 0 spiro atoms. The van der Waals surface area contributed by atoms with Crippen LogP contribution in [0.4, 0.5) is 0 Å². The van der Waals surface area contributed by atoms with Crippen LogP contribution in [0.3, 0.4) is 0 Å². The molecule has 1 aromatic heterocycles. The summed E-state index contributed by atoms with van der Waals surface area (Å²) in [5.74, 6) is 0.0222. The highest BCUT2D eigenvalue weighted by molar-refractivity contribution is 5.78. The van der Waals surface area contributed by atoms with Gasteiger partial charge in [-0.1, -0.05) is 18.2 Å². The number of nitrogens with one attached hydrogen (secondary N) is 1. The fraction of sp³-hybridized carbons (Fsp3) is 0.412. The average Bonchev–Trinajstić information content (AvgIpc) is 2.99. The Hall–Kier alpha value is -2.14. The topological polar surface area (TPSA) is 67.2 Å². The van der Waals surface area contributed by atoms with Gasteiger partial charge >= 0.3 is 0 Å².